The molecule has 0 atom stereocenters. The molecule has 0 aliphatic heterocycles. The molecule has 1 aromatic carbocycles. The van der Waals surface area contributed by atoms with Crippen LogP contribution in [0.5, 0.6) is 5.75 Å². The molecule has 0 bridgehead atoms. The lowest BCUT2D eigenvalue weighted by Gasteiger charge is -2.24. The molecule has 0 N–H and O–H groups in total. The van der Waals surface area contributed by atoms with E-state index in [1.165, 1.54) is 17.0 Å². The van der Waals surface area contributed by atoms with Crippen LogP contribution in [0.3, 0.4) is 0 Å². The summed E-state index contributed by atoms with van der Waals surface area (Å²) in [6.07, 6.45) is -4.85. The number of benzene rings is 1. The van der Waals surface area contributed by atoms with E-state index in [2.05, 4.69) is 0 Å². The van der Waals surface area contributed by atoms with Gasteiger partial charge in [0.25, 0.3) is 0 Å². The highest BCUT2D eigenvalue weighted by atomic mass is 19.4. The van der Waals surface area contributed by atoms with Gasteiger partial charge in [0.2, 0.25) is 0 Å². The van der Waals surface area contributed by atoms with Crippen molar-refractivity contribution in [3.8, 4) is 5.75 Å². The van der Waals surface area contributed by atoms with E-state index in [0.29, 0.717) is 5.75 Å². The molecular weight excluding hydrogens is 299 g/mol. The Labute approximate surface area is 127 Å². The summed E-state index contributed by atoms with van der Waals surface area (Å²) in [4.78, 5) is 13.0. The van der Waals surface area contributed by atoms with Gasteiger partial charge in [-0.05, 0) is 45.0 Å². The molecule has 0 aliphatic carbocycles. The highest BCUT2D eigenvalue weighted by molar-refractivity contribution is 5.67. The van der Waals surface area contributed by atoms with Gasteiger partial charge in [0.1, 0.15) is 18.0 Å². The molecule has 7 heteroatoms. The van der Waals surface area contributed by atoms with Crippen LogP contribution in [0.25, 0.3) is 0 Å². The minimum atomic E-state index is -4.37. The third-order valence-corrected chi connectivity index (χ3v) is 2.58. The van der Waals surface area contributed by atoms with Crippen LogP contribution in [0.15, 0.2) is 24.3 Å². The third-order valence-electron chi connectivity index (χ3n) is 2.58. The summed E-state index contributed by atoms with van der Waals surface area (Å²) >= 11 is 0. The molecule has 0 unspecified atom stereocenters. The zero-order valence-corrected chi connectivity index (χ0v) is 13.0. The molecule has 0 saturated carbocycles. The Morgan fingerprint density at radius 2 is 1.68 bits per heavy atom. The summed E-state index contributed by atoms with van der Waals surface area (Å²) in [5.41, 5.74) is -1.31. The van der Waals surface area contributed by atoms with Crippen molar-refractivity contribution in [1.29, 1.82) is 0 Å². The van der Waals surface area contributed by atoms with Crippen LogP contribution in [0.4, 0.5) is 18.0 Å². The van der Waals surface area contributed by atoms with Gasteiger partial charge in [-0.3, -0.25) is 0 Å². The zero-order valence-electron chi connectivity index (χ0n) is 13.0. The first-order valence-corrected chi connectivity index (χ1v) is 6.73. The number of halogens is 3. The standard InChI is InChI=1S/C15H20F3NO3/c1-14(2,3)22-13(20)19(4)9-10-21-12-7-5-11(6-8-12)15(16,17)18/h5-8H,9-10H2,1-4H3. The fourth-order valence-corrected chi connectivity index (χ4v) is 1.47. The van der Waals surface area contributed by atoms with Gasteiger partial charge in [-0.2, -0.15) is 13.2 Å². The largest absolute Gasteiger partial charge is 0.492 e. The van der Waals surface area contributed by atoms with Gasteiger partial charge in [0.15, 0.2) is 0 Å². The Hall–Kier alpha value is -1.92. The summed E-state index contributed by atoms with van der Waals surface area (Å²) in [5, 5.41) is 0. The lowest BCUT2D eigenvalue weighted by atomic mass is 10.2. The van der Waals surface area contributed by atoms with E-state index in [-0.39, 0.29) is 13.2 Å². The van der Waals surface area contributed by atoms with Gasteiger partial charge < -0.3 is 14.4 Å². The number of ether oxygens (including phenoxy) is 2. The molecule has 22 heavy (non-hydrogen) atoms. The average molecular weight is 319 g/mol. The van der Waals surface area contributed by atoms with Crippen molar-refractivity contribution >= 4 is 6.09 Å². The van der Waals surface area contributed by atoms with Gasteiger partial charge in [-0.15, -0.1) is 0 Å². The van der Waals surface area contributed by atoms with Gasteiger partial charge >= 0.3 is 12.3 Å². The SMILES string of the molecule is CN(CCOc1ccc(C(F)(F)F)cc1)C(=O)OC(C)(C)C. The van der Waals surface area contributed by atoms with Crippen LogP contribution in [-0.2, 0) is 10.9 Å². The molecule has 0 aromatic heterocycles. The van der Waals surface area contributed by atoms with Crippen molar-refractivity contribution in [2.75, 3.05) is 20.2 Å². The van der Waals surface area contributed by atoms with Crippen molar-refractivity contribution < 1.29 is 27.4 Å². The van der Waals surface area contributed by atoms with Crippen molar-refractivity contribution in [2.24, 2.45) is 0 Å². The van der Waals surface area contributed by atoms with Crippen molar-refractivity contribution in [2.45, 2.75) is 32.5 Å². The fourth-order valence-electron chi connectivity index (χ4n) is 1.47. The highest BCUT2D eigenvalue weighted by Crippen LogP contribution is 2.30. The van der Waals surface area contributed by atoms with Crippen LogP contribution >= 0.6 is 0 Å². The first kappa shape index (κ1) is 18.1. The summed E-state index contributed by atoms with van der Waals surface area (Å²) in [6.45, 7) is 5.70. The second-order valence-corrected chi connectivity index (χ2v) is 5.77. The molecule has 1 amide bonds. The molecule has 1 rings (SSSR count). The first-order chi connectivity index (χ1) is 9.99. The monoisotopic (exact) mass is 319 g/mol. The van der Waals surface area contributed by atoms with Gasteiger partial charge in [0.05, 0.1) is 12.1 Å². The van der Waals surface area contributed by atoms with E-state index in [1.54, 1.807) is 27.8 Å². The van der Waals surface area contributed by atoms with Crippen molar-refractivity contribution in [3.05, 3.63) is 29.8 Å². The predicted octanol–water partition coefficient (Wildman–Crippen LogP) is 3.95. The lowest BCUT2D eigenvalue weighted by Crippen LogP contribution is -2.36. The maximum absolute atomic E-state index is 12.4. The molecule has 0 aliphatic rings. The van der Waals surface area contributed by atoms with Crippen molar-refractivity contribution in [1.82, 2.24) is 4.90 Å². The third kappa shape index (κ3) is 6.24. The smallest absolute Gasteiger partial charge is 0.416 e. The number of likely N-dealkylation sites (N-methyl/N-ethyl adjacent to an activating group) is 1. The minimum absolute atomic E-state index is 0.154. The van der Waals surface area contributed by atoms with E-state index in [4.69, 9.17) is 9.47 Å². The average Bonchev–Trinajstić information content (AvgIpc) is 2.36. The van der Waals surface area contributed by atoms with E-state index in [9.17, 15) is 18.0 Å². The van der Waals surface area contributed by atoms with E-state index >= 15 is 0 Å². The van der Waals surface area contributed by atoms with Crippen LogP contribution in [0.1, 0.15) is 26.3 Å². The Morgan fingerprint density at radius 1 is 1.14 bits per heavy atom. The highest BCUT2D eigenvalue weighted by Gasteiger charge is 2.30. The molecule has 0 spiro atoms. The summed E-state index contributed by atoms with van der Waals surface area (Å²) in [6, 6.07) is 4.40. The van der Waals surface area contributed by atoms with Crippen LogP contribution in [0, 0.1) is 0 Å². The number of carbonyl (C=O) groups is 1. The van der Waals surface area contributed by atoms with Crippen LogP contribution in [-0.4, -0.2) is 36.8 Å². The normalized spacial score (nSPS) is 12.0. The van der Waals surface area contributed by atoms with Gasteiger partial charge in [0, 0.05) is 7.05 Å². The number of alkyl halides is 3. The molecular formula is C15H20F3NO3. The number of amides is 1. The van der Waals surface area contributed by atoms with Crippen LogP contribution < -0.4 is 4.74 Å². The molecule has 1 aromatic rings. The van der Waals surface area contributed by atoms with E-state index in [0.717, 1.165) is 12.1 Å². The predicted molar refractivity (Wildman–Crippen MR) is 75.8 cm³/mol. The Bertz CT molecular complexity index is 492. The number of carbonyl (C=O) groups excluding carboxylic acids is 1. The number of hydrogen-bond donors (Lipinski definition) is 0. The molecule has 0 radical (unpaired) electrons. The van der Waals surface area contributed by atoms with Crippen molar-refractivity contribution in [3.63, 3.8) is 0 Å². The molecule has 4 nitrogen and oxygen atoms in total. The second kappa shape index (κ2) is 6.89. The first-order valence-electron chi connectivity index (χ1n) is 6.73. The lowest BCUT2D eigenvalue weighted by molar-refractivity contribution is -0.137. The maximum atomic E-state index is 12.4. The Morgan fingerprint density at radius 3 is 2.14 bits per heavy atom. The molecule has 0 heterocycles. The number of hydrogen-bond acceptors (Lipinski definition) is 3. The zero-order chi connectivity index (χ0) is 17.0. The number of rotatable bonds is 4. The summed E-state index contributed by atoms with van der Waals surface area (Å²) in [7, 11) is 1.56. The summed E-state index contributed by atoms with van der Waals surface area (Å²) < 4.78 is 47.7. The molecule has 0 saturated heterocycles. The fraction of sp³-hybridized carbons (Fsp3) is 0.533. The summed E-state index contributed by atoms with van der Waals surface area (Å²) in [5.74, 6) is 0.311. The Kier molecular flexibility index (Phi) is 5.68. The topological polar surface area (TPSA) is 38.8 Å². The maximum Gasteiger partial charge on any atom is 0.416 e. The van der Waals surface area contributed by atoms with Gasteiger partial charge in [-0.1, -0.05) is 0 Å². The number of nitrogens with zero attached hydrogens (tertiary/aromatic N) is 1. The van der Waals surface area contributed by atoms with Gasteiger partial charge in [-0.25, -0.2) is 4.79 Å². The molecule has 124 valence electrons. The van der Waals surface area contributed by atoms with E-state index in [1.807, 2.05) is 0 Å². The molecule has 0 fully saturated rings. The van der Waals surface area contributed by atoms with E-state index < -0.39 is 23.4 Å². The van der Waals surface area contributed by atoms with Crippen LogP contribution in [0.2, 0.25) is 0 Å². The second-order valence-electron chi connectivity index (χ2n) is 5.77. The minimum Gasteiger partial charge on any atom is -0.492 e. The Balaban J connectivity index is 2.43. The quantitative estimate of drug-likeness (QED) is 0.843.